The molecular weight excluding hydrogens is 292 g/mol. The average Bonchev–Trinajstić information content (AvgIpc) is 2.34. The lowest BCUT2D eigenvalue weighted by Crippen LogP contribution is -2.03. The lowest BCUT2D eigenvalue weighted by Gasteiger charge is -2.07. The second kappa shape index (κ2) is 5.09. The molecule has 1 aromatic carbocycles. The molecule has 2 aromatic rings. The highest BCUT2D eigenvalue weighted by atomic mass is 35.5. The molecule has 0 bridgehead atoms. The lowest BCUT2D eigenvalue weighted by molar-refractivity contribution is -0.385. The normalized spacial score (nSPS) is 10.7. The Kier molecular flexibility index (Phi) is 3.63. The summed E-state index contributed by atoms with van der Waals surface area (Å²) in [4.78, 5) is 17.6. The number of nitro groups is 1. The fraction of sp³-hybridized carbons (Fsp3) is 0.167. The fourth-order valence-corrected chi connectivity index (χ4v) is 1.98. The highest BCUT2D eigenvalue weighted by Crippen LogP contribution is 2.33. The van der Waals surface area contributed by atoms with Crippen molar-refractivity contribution in [2.45, 2.75) is 13.8 Å². The molecule has 0 saturated carbocycles. The van der Waals surface area contributed by atoms with E-state index >= 15 is 0 Å². The van der Waals surface area contributed by atoms with Crippen LogP contribution < -0.4 is 0 Å². The maximum Gasteiger partial charge on any atom is 0.316 e. The van der Waals surface area contributed by atoms with Crippen molar-refractivity contribution < 1.29 is 13.7 Å². The summed E-state index contributed by atoms with van der Waals surface area (Å²) in [6, 6.07) is 2.53. The molecule has 0 spiro atoms. The van der Waals surface area contributed by atoms with Crippen LogP contribution in [0.3, 0.4) is 0 Å². The predicted molar refractivity (Wildman–Crippen MR) is 68.5 cm³/mol. The molecule has 0 fully saturated rings. The molecule has 2 rings (SSSR count). The number of aromatic nitrogens is 2. The van der Waals surface area contributed by atoms with E-state index < -0.39 is 22.2 Å². The van der Waals surface area contributed by atoms with Crippen molar-refractivity contribution in [1.82, 2.24) is 9.97 Å². The van der Waals surface area contributed by atoms with Crippen LogP contribution in [0.1, 0.15) is 11.3 Å². The van der Waals surface area contributed by atoms with Gasteiger partial charge in [0.25, 0.3) is 0 Å². The Hall–Kier alpha value is -2.15. The minimum Gasteiger partial charge on any atom is -0.258 e. The molecule has 0 aliphatic rings. The van der Waals surface area contributed by atoms with E-state index in [9.17, 15) is 18.9 Å². The van der Waals surface area contributed by atoms with Gasteiger partial charge in [0.05, 0.1) is 4.92 Å². The molecule has 0 radical (unpaired) electrons. The smallest absolute Gasteiger partial charge is 0.258 e. The molecule has 1 aromatic heterocycles. The number of hydrogen-bond acceptors (Lipinski definition) is 4. The van der Waals surface area contributed by atoms with E-state index in [1.807, 2.05) is 0 Å². The minimum absolute atomic E-state index is 0.0228. The fourth-order valence-electron chi connectivity index (χ4n) is 1.77. The zero-order valence-electron chi connectivity index (χ0n) is 10.4. The molecule has 8 heteroatoms. The summed E-state index contributed by atoms with van der Waals surface area (Å²) in [7, 11) is 0. The zero-order valence-corrected chi connectivity index (χ0v) is 11.2. The topological polar surface area (TPSA) is 68.9 Å². The monoisotopic (exact) mass is 299 g/mol. The van der Waals surface area contributed by atoms with Gasteiger partial charge in [-0.2, -0.15) is 0 Å². The van der Waals surface area contributed by atoms with Crippen LogP contribution in [0.15, 0.2) is 12.1 Å². The van der Waals surface area contributed by atoms with Crippen molar-refractivity contribution >= 4 is 17.3 Å². The second-order valence-electron chi connectivity index (χ2n) is 4.09. The van der Waals surface area contributed by atoms with Crippen molar-refractivity contribution in [3.05, 3.63) is 50.4 Å². The van der Waals surface area contributed by atoms with Crippen molar-refractivity contribution in [1.29, 1.82) is 0 Å². The maximum atomic E-state index is 14.0. The molecule has 1 heterocycles. The number of nitrogens with zero attached hydrogens (tertiary/aromatic N) is 3. The van der Waals surface area contributed by atoms with Gasteiger partial charge in [-0.15, -0.1) is 0 Å². The van der Waals surface area contributed by atoms with Crippen LogP contribution in [0.25, 0.3) is 11.3 Å². The van der Waals surface area contributed by atoms with Crippen LogP contribution in [0.2, 0.25) is 5.28 Å². The van der Waals surface area contributed by atoms with E-state index in [-0.39, 0.29) is 27.8 Å². The Bertz CT molecular complexity index is 722. The van der Waals surface area contributed by atoms with Crippen LogP contribution in [0.4, 0.5) is 14.5 Å². The van der Waals surface area contributed by atoms with E-state index in [2.05, 4.69) is 9.97 Å². The largest absolute Gasteiger partial charge is 0.316 e. The molecule has 104 valence electrons. The molecule has 0 saturated heterocycles. The number of benzene rings is 1. The van der Waals surface area contributed by atoms with Crippen LogP contribution in [0, 0.1) is 35.6 Å². The summed E-state index contributed by atoms with van der Waals surface area (Å²) < 4.78 is 27.5. The van der Waals surface area contributed by atoms with E-state index in [1.54, 1.807) is 0 Å². The van der Waals surface area contributed by atoms with Crippen molar-refractivity contribution in [3.8, 4) is 11.3 Å². The molecule has 5 nitrogen and oxygen atoms in total. The van der Waals surface area contributed by atoms with Crippen LogP contribution >= 0.6 is 11.6 Å². The third-order valence-corrected chi connectivity index (χ3v) is 2.91. The number of rotatable bonds is 2. The molecule has 0 aliphatic carbocycles. The Balaban J connectivity index is 2.82. The molecular formula is C12H8ClF2N3O2. The summed E-state index contributed by atoms with van der Waals surface area (Å²) in [6.45, 7) is 2.73. The highest BCUT2D eigenvalue weighted by Gasteiger charge is 2.26. The van der Waals surface area contributed by atoms with Gasteiger partial charge in [-0.05, 0) is 37.1 Å². The quantitative estimate of drug-likeness (QED) is 0.482. The van der Waals surface area contributed by atoms with E-state index in [1.165, 1.54) is 26.0 Å². The first-order chi connectivity index (χ1) is 9.32. The van der Waals surface area contributed by atoms with Gasteiger partial charge in [-0.25, -0.2) is 18.7 Å². The van der Waals surface area contributed by atoms with Crippen molar-refractivity contribution in [3.63, 3.8) is 0 Å². The van der Waals surface area contributed by atoms with Gasteiger partial charge in [0, 0.05) is 5.56 Å². The van der Waals surface area contributed by atoms with E-state index in [0.29, 0.717) is 0 Å². The summed E-state index contributed by atoms with van der Waals surface area (Å²) >= 11 is 5.64. The summed E-state index contributed by atoms with van der Waals surface area (Å²) in [5.41, 5.74) is -1.11. The summed E-state index contributed by atoms with van der Waals surface area (Å²) in [5.74, 6) is -2.29. The standard InChI is InChI=1S/C12H8ClF2N3O2/c1-5-3-4-7(9(15)8(5)14)10-11(18(19)20)6(2)16-12(13)17-10/h3-4H,1-2H3. The Labute approximate surface area is 117 Å². The van der Waals surface area contributed by atoms with Crippen LogP contribution in [-0.4, -0.2) is 14.9 Å². The van der Waals surface area contributed by atoms with Crippen LogP contribution in [0.5, 0.6) is 0 Å². The van der Waals surface area contributed by atoms with Crippen LogP contribution in [-0.2, 0) is 0 Å². The molecule has 0 aliphatic heterocycles. The number of hydrogen-bond donors (Lipinski definition) is 0. The van der Waals surface area contributed by atoms with Gasteiger partial charge in [-0.3, -0.25) is 10.1 Å². The number of halogens is 3. The van der Waals surface area contributed by atoms with E-state index in [4.69, 9.17) is 11.6 Å². The van der Waals surface area contributed by atoms with Gasteiger partial charge in [0.15, 0.2) is 17.3 Å². The first-order valence-corrected chi connectivity index (χ1v) is 5.84. The Morgan fingerprint density at radius 2 is 1.85 bits per heavy atom. The van der Waals surface area contributed by atoms with Gasteiger partial charge >= 0.3 is 5.69 Å². The molecule has 0 unspecified atom stereocenters. The van der Waals surface area contributed by atoms with E-state index in [0.717, 1.165) is 0 Å². The highest BCUT2D eigenvalue weighted by molar-refractivity contribution is 6.28. The predicted octanol–water partition coefficient (Wildman–Crippen LogP) is 3.60. The molecule has 0 amide bonds. The van der Waals surface area contributed by atoms with Gasteiger partial charge in [-0.1, -0.05) is 6.07 Å². The van der Waals surface area contributed by atoms with Gasteiger partial charge in [0.1, 0.15) is 5.69 Å². The Morgan fingerprint density at radius 3 is 2.45 bits per heavy atom. The van der Waals surface area contributed by atoms with Gasteiger partial charge in [0.2, 0.25) is 5.28 Å². The first kappa shape index (κ1) is 14.3. The summed E-state index contributed by atoms with van der Waals surface area (Å²) in [6.07, 6.45) is 0. The Morgan fingerprint density at radius 1 is 1.20 bits per heavy atom. The van der Waals surface area contributed by atoms with Crippen molar-refractivity contribution in [2.24, 2.45) is 0 Å². The zero-order chi connectivity index (χ0) is 15.0. The molecule has 20 heavy (non-hydrogen) atoms. The molecule has 0 N–H and O–H groups in total. The second-order valence-corrected chi connectivity index (χ2v) is 4.43. The third-order valence-electron chi connectivity index (χ3n) is 2.74. The third kappa shape index (κ3) is 2.32. The lowest BCUT2D eigenvalue weighted by atomic mass is 10.1. The number of aryl methyl sites for hydroxylation is 2. The van der Waals surface area contributed by atoms with Crippen molar-refractivity contribution in [2.75, 3.05) is 0 Å². The minimum atomic E-state index is -1.21. The first-order valence-electron chi connectivity index (χ1n) is 5.46. The average molecular weight is 300 g/mol. The maximum absolute atomic E-state index is 14.0. The summed E-state index contributed by atoms with van der Waals surface area (Å²) in [5, 5.41) is 10.8. The molecule has 0 atom stereocenters. The van der Waals surface area contributed by atoms with Gasteiger partial charge < -0.3 is 0 Å². The SMILES string of the molecule is Cc1ccc(-c2nc(Cl)nc(C)c2[N+](=O)[O-])c(F)c1F.